The van der Waals surface area contributed by atoms with E-state index in [0.29, 0.717) is 39.2 Å². The summed E-state index contributed by atoms with van der Waals surface area (Å²) in [6.45, 7) is 6.02. The molecule has 0 radical (unpaired) electrons. The van der Waals surface area contributed by atoms with E-state index in [4.69, 9.17) is 5.73 Å². The Morgan fingerprint density at radius 1 is 1.21 bits per heavy atom. The highest BCUT2D eigenvalue weighted by Gasteiger charge is 2.29. The van der Waals surface area contributed by atoms with Crippen LogP contribution in [0.2, 0.25) is 0 Å². The predicted octanol–water partition coefficient (Wildman–Crippen LogP) is 5.31. The fourth-order valence-corrected chi connectivity index (χ4v) is 5.95. The number of allylic oxidation sites excluding steroid dienone is 1. The van der Waals surface area contributed by atoms with Crippen LogP contribution in [0.4, 0.5) is 23.4 Å². The lowest BCUT2D eigenvalue weighted by atomic mass is 10.0. The molecule has 1 aromatic carbocycles. The van der Waals surface area contributed by atoms with Gasteiger partial charge in [0.25, 0.3) is 0 Å². The van der Waals surface area contributed by atoms with Gasteiger partial charge in [-0.2, -0.15) is 18.4 Å². The number of benzene rings is 1. The van der Waals surface area contributed by atoms with Crippen LogP contribution in [-0.2, 0) is 19.5 Å². The first-order valence-corrected chi connectivity index (χ1v) is 12.9. The number of halogens is 4. The monoisotopic (exact) mass is 543 g/mol. The van der Waals surface area contributed by atoms with E-state index in [9.17, 15) is 22.8 Å². The summed E-state index contributed by atoms with van der Waals surface area (Å²) in [6, 6.07) is 9.07. The molecule has 5 rings (SSSR count). The Kier molecular flexibility index (Phi) is 6.98. The highest BCUT2D eigenvalue weighted by Crippen LogP contribution is 2.33. The third-order valence-electron chi connectivity index (χ3n) is 6.62. The van der Waals surface area contributed by atoms with E-state index in [0.717, 1.165) is 42.8 Å². The molecular formula is C26H25F4N7S. The summed E-state index contributed by atoms with van der Waals surface area (Å²) < 4.78 is 55.0. The van der Waals surface area contributed by atoms with Gasteiger partial charge in [-0.3, -0.25) is 4.90 Å². The Balaban J connectivity index is 1.24. The van der Waals surface area contributed by atoms with Gasteiger partial charge in [-0.05, 0) is 36.6 Å². The Bertz CT molecular complexity index is 1540. The number of nitrogens with two attached hydrogens (primary N) is 1. The van der Waals surface area contributed by atoms with Crippen molar-refractivity contribution >= 4 is 38.3 Å². The molecule has 1 fully saturated rings. The van der Waals surface area contributed by atoms with Gasteiger partial charge in [-0.25, -0.2) is 14.4 Å². The molecular weight excluding hydrogens is 518 g/mol. The maximum atomic E-state index is 14.9. The number of aromatic nitrogens is 3. The first-order chi connectivity index (χ1) is 18.1. The third kappa shape index (κ3) is 5.44. The van der Waals surface area contributed by atoms with Crippen molar-refractivity contribution in [2.24, 2.45) is 5.73 Å². The fourth-order valence-electron chi connectivity index (χ4n) is 4.93. The van der Waals surface area contributed by atoms with Crippen molar-refractivity contribution in [3.05, 3.63) is 64.8 Å². The number of likely N-dealkylation sites (tertiary alicyclic amines) is 1. The van der Waals surface area contributed by atoms with E-state index < -0.39 is 18.4 Å². The number of nitrogens with zero attached hydrogens (tertiary/aromatic N) is 5. The molecule has 1 aliphatic heterocycles. The van der Waals surface area contributed by atoms with Gasteiger partial charge in [0.15, 0.2) is 11.5 Å². The zero-order valence-corrected chi connectivity index (χ0v) is 21.2. The summed E-state index contributed by atoms with van der Waals surface area (Å²) in [5.74, 6) is -0.00600. The van der Waals surface area contributed by atoms with Gasteiger partial charge >= 0.3 is 6.18 Å². The number of thiophene rings is 1. The molecule has 0 atom stereocenters. The van der Waals surface area contributed by atoms with E-state index in [1.165, 1.54) is 17.0 Å². The van der Waals surface area contributed by atoms with Crippen molar-refractivity contribution in [1.29, 1.82) is 5.26 Å². The molecule has 0 unspecified atom stereocenters. The minimum atomic E-state index is -4.27. The number of alkyl halides is 3. The highest BCUT2D eigenvalue weighted by molar-refractivity contribution is 7.18. The van der Waals surface area contributed by atoms with Gasteiger partial charge in [0.2, 0.25) is 0 Å². The van der Waals surface area contributed by atoms with Crippen LogP contribution in [0.25, 0.3) is 21.1 Å². The van der Waals surface area contributed by atoms with Gasteiger partial charge in [0, 0.05) is 41.6 Å². The second-order valence-electron chi connectivity index (χ2n) is 9.51. The molecule has 38 heavy (non-hydrogen) atoms. The van der Waals surface area contributed by atoms with Crippen molar-refractivity contribution in [1.82, 2.24) is 19.4 Å². The maximum absolute atomic E-state index is 14.9. The van der Waals surface area contributed by atoms with Crippen molar-refractivity contribution in [2.75, 3.05) is 18.4 Å². The molecule has 7 nitrogen and oxygen atoms in total. The fraction of sp³-hybridized carbons (Fsp3) is 0.346. The molecule has 12 heteroatoms. The van der Waals surface area contributed by atoms with Crippen LogP contribution in [0.5, 0.6) is 0 Å². The first kappa shape index (κ1) is 25.9. The SMILES string of the molecule is C=C(N)Cn1c(C#N)c(F)c2cc(CN3CCC(Nc4ncnc5sc(CC(F)(F)F)cc45)CC3)ccc21. The normalized spacial score (nSPS) is 15.2. The molecule has 1 aliphatic rings. The zero-order chi connectivity index (χ0) is 27.0. The van der Waals surface area contributed by atoms with Crippen molar-refractivity contribution < 1.29 is 17.6 Å². The molecule has 0 spiro atoms. The molecule has 0 amide bonds. The topological polar surface area (TPSA) is 95.8 Å². The number of hydrogen-bond acceptors (Lipinski definition) is 7. The first-order valence-electron chi connectivity index (χ1n) is 12.0. The molecule has 0 saturated carbocycles. The minimum Gasteiger partial charge on any atom is -0.401 e. The van der Waals surface area contributed by atoms with Crippen molar-refractivity contribution in [3.63, 3.8) is 0 Å². The summed E-state index contributed by atoms with van der Waals surface area (Å²) in [5.41, 5.74) is 7.51. The van der Waals surface area contributed by atoms with Crippen LogP contribution in [0.1, 0.15) is 29.0 Å². The molecule has 3 N–H and O–H groups in total. The lowest BCUT2D eigenvalue weighted by Crippen LogP contribution is -2.38. The number of anilines is 1. The molecule has 4 aromatic rings. The number of hydrogen-bond donors (Lipinski definition) is 2. The van der Waals surface area contributed by atoms with Gasteiger partial charge in [0.1, 0.15) is 23.0 Å². The van der Waals surface area contributed by atoms with Gasteiger partial charge in [-0.1, -0.05) is 12.6 Å². The Morgan fingerprint density at radius 3 is 2.66 bits per heavy atom. The molecule has 198 valence electrons. The standard InChI is InChI=1S/C26H25F4N7S/c1-15(32)12-37-21-3-2-16(8-19(21)23(27)22(37)11-31)13-36-6-4-17(5-7-36)35-24-20-9-18(10-26(28,29)30)38-25(20)34-14-33-24/h2-3,8-9,14,17H,1,4-7,10,12-13,32H2,(H,33,34,35). The quantitative estimate of drug-likeness (QED) is 0.307. The number of fused-ring (bicyclic) bond motifs is 2. The summed E-state index contributed by atoms with van der Waals surface area (Å²) >= 11 is 1.03. The van der Waals surface area contributed by atoms with Gasteiger partial charge in [-0.15, -0.1) is 11.3 Å². The van der Waals surface area contributed by atoms with Gasteiger partial charge in [0.05, 0.1) is 23.9 Å². The minimum absolute atomic E-state index is 0.0642. The summed E-state index contributed by atoms with van der Waals surface area (Å²) in [7, 11) is 0. The van der Waals surface area contributed by atoms with Crippen LogP contribution < -0.4 is 11.1 Å². The highest BCUT2D eigenvalue weighted by atomic mass is 32.1. The van der Waals surface area contributed by atoms with Crippen LogP contribution in [0.3, 0.4) is 0 Å². The zero-order valence-electron chi connectivity index (χ0n) is 20.4. The smallest absolute Gasteiger partial charge is 0.393 e. The van der Waals surface area contributed by atoms with Crippen LogP contribution >= 0.6 is 11.3 Å². The summed E-state index contributed by atoms with van der Waals surface area (Å²) in [4.78, 5) is 11.4. The number of nitriles is 1. The lowest BCUT2D eigenvalue weighted by Gasteiger charge is -2.32. The molecule has 1 saturated heterocycles. The van der Waals surface area contributed by atoms with Crippen LogP contribution in [-0.4, -0.2) is 44.7 Å². The maximum Gasteiger partial charge on any atom is 0.393 e. The second-order valence-corrected chi connectivity index (χ2v) is 10.6. The van der Waals surface area contributed by atoms with E-state index >= 15 is 0 Å². The predicted molar refractivity (Wildman–Crippen MR) is 139 cm³/mol. The van der Waals surface area contributed by atoms with E-state index in [2.05, 4.69) is 26.8 Å². The van der Waals surface area contributed by atoms with Gasteiger partial charge < -0.3 is 15.6 Å². The Morgan fingerprint density at radius 2 is 1.97 bits per heavy atom. The summed E-state index contributed by atoms with van der Waals surface area (Å²) in [6.07, 6.45) is -2.25. The molecule has 0 aliphatic carbocycles. The average molecular weight is 544 g/mol. The van der Waals surface area contributed by atoms with Crippen molar-refractivity contribution in [3.8, 4) is 6.07 Å². The van der Waals surface area contributed by atoms with Crippen LogP contribution in [0.15, 0.2) is 42.9 Å². The van der Waals surface area contributed by atoms with Crippen molar-refractivity contribution in [2.45, 2.75) is 44.6 Å². The van der Waals surface area contributed by atoms with E-state index in [1.807, 2.05) is 12.1 Å². The Hall–Kier alpha value is -3.69. The third-order valence-corrected chi connectivity index (χ3v) is 7.67. The second kappa shape index (κ2) is 10.2. The Labute approximate surface area is 220 Å². The largest absolute Gasteiger partial charge is 0.401 e. The van der Waals surface area contributed by atoms with Crippen LogP contribution in [0, 0.1) is 17.1 Å². The molecule has 0 bridgehead atoms. The van der Waals surface area contributed by atoms with E-state index in [-0.39, 0.29) is 23.2 Å². The average Bonchev–Trinajstić information content (AvgIpc) is 3.37. The number of piperidine rings is 1. The lowest BCUT2D eigenvalue weighted by molar-refractivity contribution is -0.126. The summed E-state index contributed by atoms with van der Waals surface area (Å²) in [5, 5.41) is 13.8. The number of rotatable bonds is 7. The number of nitrogens with one attached hydrogen (secondary N) is 1. The van der Waals surface area contributed by atoms with E-state index in [1.54, 1.807) is 12.1 Å². The molecule has 4 heterocycles. The molecule has 3 aromatic heterocycles.